The largest absolute Gasteiger partial charge is 0.416 e. The van der Waals surface area contributed by atoms with Gasteiger partial charge >= 0.3 is 12.4 Å². The Kier molecular flexibility index (Phi) is 9.74. The van der Waals surface area contributed by atoms with Crippen LogP contribution in [-0.2, 0) is 30.2 Å². The number of nitrogens with zero attached hydrogens (tertiary/aromatic N) is 6. The highest BCUT2D eigenvalue weighted by atomic mass is 35.5. The Balaban J connectivity index is 1.54. The van der Waals surface area contributed by atoms with E-state index in [0.717, 1.165) is 50.2 Å². The number of morpholine rings is 1. The van der Waals surface area contributed by atoms with Crippen molar-refractivity contribution in [1.29, 1.82) is 0 Å². The molecule has 0 bridgehead atoms. The van der Waals surface area contributed by atoms with E-state index in [9.17, 15) is 26.3 Å². The van der Waals surface area contributed by atoms with Crippen molar-refractivity contribution in [3.63, 3.8) is 0 Å². The van der Waals surface area contributed by atoms with E-state index < -0.39 is 23.5 Å². The normalized spacial score (nSPS) is 15.9. The summed E-state index contributed by atoms with van der Waals surface area (Å²) in [5.74, 6) is 1.35. The Morgan fingerprint density at radius 3 is 2.07 bits per heavy atom. The van der Waals surface area contributed by atoms with Crippen LogP contribution in [0.5, 0.6) is 0 Å². The third kappa shape index (κ3) is 8.23. The van der Waals surface area contributed by atoms with E-state index in [-0.39, 0.29) is 30.7 Å². The van der Waals surface area contributed by atoms with Gasteiger partial charge in [-0.05, 0) is 55.0 Å². The van der Waals surface area contributed by atoms with Crippen molar-refractivity contribution in [1.82, 2.24) is 15.0 Å². The number of alkyl halides is 6. The predicted octanol–water partition coefficient (Wildman–Crippen LogP) is 7.23. The zero-order valence-corrected chi connectivity index (χ0v) is 24.9. The van der Waals surface area contributed by atoms with Crippen LogP contribution in [0, 0.1) is 5.92 Å². The fourth-order valence-corrected chi connectivity index (χ4v) is 5.42. The van der Waals surface area contributed by atoms with Crippen molar-refractivity contribution < 1.29 is 31.1 Å². The van der Waals surface area contributed by atoms with Gasteiger partial charge in [-0.15, -0.1) is 0 Å². The molecule has 0 atom stereocenters. The average Bonchev–Trinajstić information content (AvgIpc) is 3.80. The Morgan fingerprint density at radius 2 is 1.50 bits per heavy atom. The van der Waals surface area contributed by atoms with Crippen molar-refractivity contribution in [2.75, 3.05) is 54.1 Å². The van der Waals surface area contributed by atoms with E-state index in [0.29, 0.717) is 48.6 Å². The molecular formula is C30H33ClF6N6O. The highest BCUT2D eigenvalue weighted by Crippen LogP contribution is 2.37. The van der Waals surface area contributed by atoms with E-state index in [1.807, 2.05) is 4.90 Å². The molecule has 1 saturated carbocycles. The Labute approximate surface area is 256 Å². The summed E-state index contributed by atoms with van der Waals surface area (Å²) in [5, 5.41) is 0.355. The molecule has 7 nitrogen and oxygen atoms in total. The van der Waals surface area contributed by atoms with E-state index in [1.165, 1.54) is 6.20 Å². The Morgan fingerprint density at radius 1 is 0.864 bits per heavy atom. The lowest BCUT2D eigenvalue weighted by Crippen LogP contribution is -2.36. The summed E-state index contributed by atoms with van der Waals surface area (Å²) in [4.78, 5) is 19.4. The van der Waals surface area contributed by atoms with Crippen LogP contribution in [0.15, 0.2) is 42.9 Å². The second-order valence-electron chi connectivity index (χ2n) is 11.1. The maximum absolute atomic E-state index is 13.7. The monoisotopic (exact) mass is 642 g/mol. The number of hydrogen-bond acceptors (Lipinski definition) is 7. The molecule has 14 heteroatoms. The quantitative estimate of drug-likeness (QED) is 0.205. The van der Waals surface area contributed by atoms with Crippen molar-refractivity contribution in [3.05, 3.63) is 70.1 Å². The van der Waals surface area contributed by atoms with Gasteiger partial charge in [0, 0.05) is 51.0 Å². The molecule has 0 radical (unpaired) electrons. The number of pyridine rings is 1. The summed E-state index contributed by atoms with van der Waals surface area (Å²) in [5.41, 5.74) is -1.55. The van der Waals surface area contributed by atoms with Crippen LogP contribution in [0.25, 0.3) is 0 Å². The van der Waals surface area contributed by atoms with Crippen molar-refractivity contribution in [2.24, 2.45) is 5.92 Å². The molecule has 2 fully saturated rings. The lowest BCUT2D eigenvalue weighted by Gasteiger charge is -2.30. The molecule has 44 heavy (non-hydrogen) atoms. The number of aromatic nitrogens is 3. The Bertz CT molecular complexity index is 1380. The molecule has 0 N–H and O–H groups in total. The van der Waals surface area contributed by atoms with Crippen molar-refractivity contribution in [2.45, 2.75) is 51.6 Å². The maximum Gasteiger partial charge on any atom is 0.416 e. The van der Waals surface area contributed by atoms with E-state index in [4.69, 9.17) is 16.3 Å². The highest BCUT2D eigenvalue weighted by molar-refractivity contribution is 6.30. The lowest BCUT2D eigenvalue weighted by molar-refractivity contribution is -0.143. The molecule has 2 aromatic heterocycles. The molecule has 0 amide bonds. The SMILES string of the molecule is CCCN(CC1CC1)c1ncc(Cl)cc1CN(Cc1cc(C(F)(F)F)cc(C(F)(F)F)c1)c1ncc(N2CCOCC2)cn1. The first kappa shape index (κ1) is 32.1. The van der Waals surface area contributed by atoms with Gasteiger partial charge in [0.15, 0.2) is 0 Å². The van der Waals surface area contributed by atoms with Gasteiger partial charge < -0.3 is 19.4 Å². The molecule has 3 heterocycles. The average molecular weight is 643 g/mol. The van der Waals surface area contributed by atoms with Crippen LogP contribution in [0.2, 0.25) is 5.02 Å². The number of rotatable bonds is 11. The van der Waals surface area contributed by atoms with Crippen molar-refractivity contribution in [3.8, 4) is 0 Å². The van der Waals surface area contributed by atoms with Crippen LogP contribution in [0.4, 0.5) is 43.8 Å². The molecular weight excluding hydrogens is 610 g/mol. The molecule has 1 aromatic carbocycles. The van der Waals surface area contributed by atoms with Gasteiger partial charge in [0.2, 0.25) is 5.95 Å². The Hall–Kier alpha value is -3.32. The molecule has 238 valence electrons. The number of anilines is 3. The zero-order valence-electron chi connectivity index (χ0n) is 24.1. The summed E-state index contributed by atoms with van der Waals surface area (Å²) in [6.07, 6.45) is -2.10. The summed E-state index contributed by atoms with van der Waals surface area (Å²) >= 11 is 6.36. The van der Waals surface area contributed by atoms with Gasteiger partial charge in [-0.3, -0.25) is 0 Å². The maximum atomic E-state index is 13.7. The summed E-state index contributed by atoms with van der Waals surface area (Å²) in [7, 11) is 0. The fourth-order valence-electron chi connectivity index (χ4n) is 5.24. The fraction of sp³-hybridized carbons (Fsp3) is 0.500. The van der Waals surface area contributed by atoms with Gasteiger partial charge in [-0.25, -0.2) is 15.0 Å². The third-order valence-corrected chi connectivity index (χ3v) is 7.75. The number of hydrogen-bond donors (Lipinski definition) is 0. The lowest BCUT2D eigenvalue weighted by atomic mass is 10.0. The van der Waals surface area contributed by atoms with E-state index in [1.54, 1.807) is 23.4 Å². The highest BCUT2D eigenvalue weighted by Gasteiger charge is 2.37. The first-order valence-electron chi connectivity index (χ1n) is 14.5. The molecule has 5 rings (SSSR count). The van der Waals surface area contributed by atoms with Crippen LogP contribution in [-0.4, -0.2) is 54.3 Å². The van der Waals surface area contributed by atoms with Crippen molar-refractivity contribution >= 4 is 29.1 Å². The summed E-state index contributed by atoms with van der Waals surface area (Å²) in [6, 6.07) is 3.32. The standard InChI is InChI=1S/C30H33ClF6N6O/c1-2-5-42(17-20-3-4-20)27-22(12-25(31)14-38-27)19-43(28-39-15-26(16-40-28)41-6-8-44-9-7-41)18-21-10-23(29(32,33)34)13-24(11-21)30(35,36)37/h10-16,20H,2-9,17-19H2,1H3. The summed E-state index contributed by atoms with van der Waals surface area (Å²) < 4.78 is 87.5. The smallest absolute Gasteiger partial charge is 0.378 e. The van der Waals surface area contributed by atoms with E-state index >= 15 is 0 Å². The van der Waals surface area contributed by atoms with Gasteiger partial charge in [0.25, 0.3) is 0 Å². The van der Waals surface area contributed by atoms with Crippen LogP contribution in [0.1, 0.15) is 48.4 Å². The second kappa shape index (κ2) is 13.4. The van der Waals surface area contributed by atoms with Gasteiger partial charge in [0.1, 0.15) is 5.82 Å². The molecule has 3 aromatic rings. The van der Waals surface area contributed by atoms with Gasteiger partial charge in [0.05, 0.1) is 47.4 Å². The molecule has 1 aliphatic heterocycles. The minimum Gasteiger partial charge on any atom is -0.378 e. The number of benzene rings is 1. The van der Waals surface area contributed by atoms with Gasteiger partial charge in [-0.1, -0.05) is 18.5 Å². The summed E-state index contributed by atoms with van der Waals surface area (Å²) in [6.45, 7) is 5.67. The van der Waals surface area contributed by atoms with E-state index in [2.05, 4.69) is 26.8 Å². The molecule has 0 spiro atoms. The van der Waals surface area contributed by atoms with Crippen LogP contribution in [0.3, 0.4) is 0 Å². The first-order valence-corrected chi connectivity index (χ1v) is 14.9. The van der Waals surface area contributed by atoms with Gasteiger partial charge in [-0.2, -0.15) is 26.3 Å². The molecule has 1 aliphatic carbocycles. The number of halogens is 7. The van der Waals surface area contributed by atoms with Crippen LogP contribution < -0.4 is 14.7 Å². The molecule has 0 unspecified atom stereocenters. The second-order valence-corrected chi connectivity index (χ2v) is 11.6. The predicted molar refractivity (Wildman–Crippen MR) is 156 cm³/mol. The minimum atomic E-state index is -4.97. The van der Waals surface area contributed by atoms with Crippen LogP contribution >= 0.6 is 11.6 Å². The minimum absolute atomic E-state index is 0.0439. The molecule has 2 aliphatic rings. The third-order valence-electron chi connectivity index (χ3n) is 7.54. The molecule has 1 saturated heterocycles. The number of ether oxygens (including phenoxy) is 1. The first-order chi connectivity index (χ1) is 20.9. The topological polar surface area (TPSA) is 57.6 Å². The zero-order chi connectivity index (χ0) is 31.5.